The van der Waals surface area contributed by atoms with Gasteiger partial charge in [0.1, 0.15) is 0 Å². The predicted octanol–water partition coefficient (Wildman–Crippen LogP) is 1.02. The van der Waals surface area contributed by atoms with Crippen molar-refractivity contribution >= 4 is 11.9 Å². The van der Waals surface area contributed by atoms with Crippen LogP contribution in [0.4, 0.5) is 0 Å². The molecule has 0 heterocycles. The summed E-state index contributed by atoms with van der Waals surface area (Å²) in [5, 5.41) is 11.6. The first-order valence-electron chi connectivity index (χ1n) is 5.59. The van der Waals surface area contributed by atoms with E-state index in [2.05, 4.69) is 11.2 Å². The Morgan fingerprint density at radius 3 is 2.69 bits per heavy atom. The summed E-state index contributed by atoms with van der Waals surface area (Å²) in [7, 11) is 0. The summed E-state index contributed by atoms with van der Waals surface area (Å²) in [4.78, 5) is 22.5. The zero-order valence-corrected chi connectivity index (χ0v) is 9.24. The molecule has 4 heteroatoms. The van der Waals surface area contributed by atoms with Crippen molar-refractivity contribution in [1.29, 1.82) is 0 Å². The molecule has 1 saturated carbocycles. The molecule has 1 rings (SSSR count). The van der Waals surface area contributed by atoms with E-state index in [1.54, 1.807) is 0 Å². The lowest BCUT2D eigenvalue weighted by atomic mass is 9.81. The summed E-state index contributed by atoms with van der Waals surface area (Å²) in [5.41, 5.74) is 0. The van der Waals surface area contributed by atoms with Crippen LogP contribution in [0.25, 0.3) is 0 Å². The minimum absolute atomic E-state index is 0.0544. The highest BCUT2D eigenvalue weighted by Crippen LogP contribution is 2.29. The summed E-state index contributed by atoms with van der Waals surface area (Å²) in [6, 6.07) is 0. The second kappa shape index (κ2) is 6.16. The van der Waals surface area contributed by atoms with Gasteiger partial charge in [-0.1, -0.05) is 6.42 Å². The van der Waals surface area contributed by atoms with Crippen molar-refractivity contribution in [3.63, 3.8) is 0 Å². The SMILES string of the molecule is C#CCCNC(=O)C1CCCC(C(=O)O)C1. The van der Waals surface area contributed by atoms with Gasteiger partial charge in [-0.25, -0.2) is 0 Å². The van der Waals surface area contributed by atoms with Crippen molar-refractivity contribution in [2.24, 2.45) is 11.8 Å². The second-order valence-corrected chi connectivity index (χ2v) is 4.14. The van der Waals surface area contributed by atoms with Crippen LogP contribution in [0.2, 0.25) is 0 Å². The Morgan fingerprint density at radius 2 is 2.06 bits per heavy atom. The molecule has 1 aliphatic carbocycles. The van der Waals surface area contributed by atoms with E-state index in [9.17, 15) is 9.59 Å². The Kier molecular flexibility index (Phi) is 4.84. The van der Waals surface area contributed by atoms with Crippen molar-refractivity contribution < 1.29 is 14.7 Å². The van der Waals surface area contributed by atoms with Crippen molar-refractivity contribution in [2.75, 3.05) is 6.54 Å². The summed E-state index contributed by atoms with van der Waals surface area (Å²) < 4.78 is 0. The number of amides is 1. The van der Waals surface area contributed by atoms with Gasteiger partial charge >= 0.3 is 5.97 Å². The van der Waals surface area contributed by atoms with E-state index in [-0.39, 0.29) is 17.7 Å². The van der Waals surface area contributed by atoms with Gasteiger partial charge in [0.2, 0.25) is 5.91 Å². The van der Waals surface area contributed by atoms with Crippen LogP contribution in [0.3, 0.4) is 0 Å². The van der Waals surface area contributed by atoms with E-state index < -0.39 is 5.97 Å². The fourth-order valence-electron chi connectivity index (χ4n) is 2.05. The van der Waals surface area contributed by atoms with Crippen LogP contribution < -0.4 is 5.32 Å². The van der Waals surface area contributed by atoms with Gasteiger partial charge in [0.05, 0.1) is 5.92 Å². The van der Waals surface area contributed by atoms with Gasteiger partial charge in [0, 0.05) is 18.9 Å². The highest BCUT2D eigenvalue weighted by atomic mass is 16.4. The first-order chi connectivity index (χ1) is 7.65. The van der Waals surface area contributed by atoms with E-state index in [0.717, 1.165) is 12.8 Å². The molecule has 2 N–H and O–H groups in total. The number of hydrogen-bond acceptors (Lipinski definition) is 2. The van der Waals surface area contributed by atoms with Gasteiger partial charge in [0.15, 0.2) is 0 Å². The fraction of sp³-hybridized carbons (Fsp3) is 0.667. The molecule has 0 saturated heterocycles. The third-order valence-electron chi connectivity index (χ3n) is 2.96. The van der Waals surface area contributed by atoms with Crippen LogP contribution in [0.15, 0.2) is 0 Å². The van der Waals surface area contributed by atoms with Crippen molar-refractivity contribution in [2.45, 2.75) is 32.1 Å². The number of aliphatic carboxylic acids is 1. The molecule has 1 amide bonds. The molecule has 0 spiro atoms. The minimum atomic E-state index is -0.791. The zero-order chi connectivity index (χ0) is 12.0. The number of carbonyl (C=O) groups is 2. The van der Waals surface area contributed by atoms with Crippen molar-refractivity contribution in [3.05, 3.63) is 0 Å². The summed E-state index contributed by atoms with van der Waals surface area (Å²) >= 11 is 0. The standard InChI is InChI=1S/C12H17NO3/c1-2-3-7-13-11(14)9-5-4-6-10(8-9)12(15)16/h1,9-10H,3-8H2,(H,13,14)(H,15,16). The van der Waals surface area contributed by atoms with Gasteiger partial charge in [-0.3, -0.25) is 9.59 Å². The Balaban J connectivity index is 2.38. The van der Waals surface area contributed by atoms with Crippen LogP contribution in [0, 0.1) is 24.2 Å². The van der Waals surface area contributed by atoms with Crippen LogP contribution in [-0.2, 0) is 9.59 Å². The van der Waals surface area contributed by atoms with Crippen LogP contribution in [-0.4, -0.2) is 23.5 Å². The second-order valence-electron chi connectivity index (χ2n) is 4.14. The fourth-order valence-corrected chi connectivity index (χ4v) is 2.05. The number of nitrogens with one attached hydrogen (secondary N) is 1. The third-order valence-corrected chi connectivity index (χ3v) is 2.96. The molecular weight excluding hydrogens is 206 g/mol. The maximum Gasteiger partial charge on any atom is 0.306 e. The maximum atomic E-state index is 11.7. The summed E-state index contributed by atoms with van der Waals surface area (Å²) in [6.07, 6.45) is 8.32. The predicted molar refractivity (Wildman–Crippen MR) is 59.5 cm³/mol. The molecule has 2 atom stereocenters. The number of carboxylic acid groups (broad SMARTS) is 1. The minimum Gasteiger partial charge on any atom is -0.481 e. The number of carbonyl (C=O) groups excluding carboxylic acids is 1. The van der Waals surface area contributed by atoms with Crippen LogP contribution in [0.5, 0.6) is 0 Å². The molecule has 16 heavy (non-hydrogen) atoms. The number of terminal acetylenes is 1. The van der Waals surface area contributed by atoms with Crippen LogP contribution in [0.1, 0.15) is 32.1 Å². The third kappa shape index (κ3) is 3.58. The molecule has 0 aliphatic heterocycles. The van der Waals surface area contributed by atoms with E-state index in [0.29, 0.717) is 25.8 Å². The highest BCUT2D eigenvalue weighted by molar-refractivity contribution is 5.80. The quantitative estimate of drug-likeness (QED) is 0.552. The lowest BCUT2D eigenvalue weighted by Gasteiger charge is -2.25. The largest absolute Gasteiger partial charge is 0.481 e. The maximum absolute atomic E-state index is 11.7. The number of hydrogen-bond donors (Lipinski definition) is 2. The molecule has 1 fully saturated rings. The smallest absolute Gasteiger partial charge is 0.306 e. The topological polar surface area (TPSA) is 66.4 Å². The number of carboxylic acids is 1. The van der Waals surface area contributed by atoms with E-state index in [1.807, 2.05) is 0 Å². The monoisotopic (exact) mass is 223 g/mol. The molecule has 2 unspecified atom stereocenters. The summed E-state index contributed by atoms with van der Waals surface area (Å²) in [6.45, 7) is 0.476. The molecule has 0 bridgehead atoms. The first kappa shape index (κ1) is 12.6. The Bertz CT molecular complexity index is 306. The molecule has 4 nitrogen and oxygen atoms in total. The normalized spacial score (nSPS) is 24.4. The van der Waals surface area contributed by atoms with Gasteiger partial charge < -0.3 is 10.4 Å². The number of rotatable bonds is 4. The van der Waals surface area contributed by atoms with Gasteiger partial charge in [-0.05, 0) is 19.3 Å². The van der Waals surface area contributed by atoms with Crippen LogP contribution >= 0.6 is 0 Å². The molecule has 1 aliphatic rings. The molecule has 0 aromatic heterocycles. The first-order valence-corrected chi connectivity index (χ1v) is 5.59. The Hall–Kier alpha value is -1.50. The molecule has 0 radical (unpaired) electrons. The van der Waals surface area contributed by atoms with E-state index in [4.69, 9.17) is 11.5 Å². The van der Waals surface area contributed by atoms with Crippen molar-refractivity contribution in [1.82, 2.24) is 5.32 Å². The summed E-state index contributed by atoms with van der Waals surface area (Å²) in [5.74, 6) is 1.08. The highest BCUT2D eigenvalue weighted by Gasteiger charge is 2.30. The average Bonchev–Trinajstić information content (AvgIpc) is 2.29. The Morgan fingerprint density at radius 1 is 1.38 bits per heavy atom. The van der Waals surface area contributed by atoms with E-state index >= 15 is 0 Å². The molecule has 0 aromatic carbocycles. The molecule has 88 valence electrons. The lowest BCUT2D eigenvalue weighted by Crippen LogP contribution is -2.35. The average molecular weight is 223 g/mol. The molecule has 0 aromatic rings. The Labute approximate surface area is 95.4 Å². The van der Waals surface area contributed by atoms with Gasteiger partial charge in [-0.2, -0.15) is 0 Å². The lowest BCUT2D eigenvalue weighted by molar-refractivity contribution is -0.144. The van der Waals surface area contributed by atoms with Crippen molar-refractivity contribution in [3.8, 4) is 12.3 Å². The molecular formula is C12H17NO3. The zero-order valence-electron chi connectivity index (χ0n) is 9.24. The van der Waals surface area contributed by atoms with E-state index in [1.165, 1.54) is 0 Å². The van der Waals surface area contributed by atoms with Gasteiger partial charge in [-0.15, -0.1) is 12.3 Å². The van der Waals surface area contributed by atoms with Gasteiger partial charge in [0.25, 0.3) is 0 Å².